The van der Waals surface area contributed by atoms with Gasteiger partial charge in [0.25, 0.3) is 7.41 Å². The number of rotatable bonds is 10. The number of likely N-dealkylation sites (N-methyl/N-ethyl adjacent to an activating group) is 1. The fourth-order valence-corrected chi connectivity index (χ4v) is 10.3. The van der Waals surface area contributed by atoms with Crippen LogP contribution in [0.2, 0.25) is 5.82 Å². The number of hydrogen-bond donors (Lipinski definition) is 2. The molecule has 3 aliphatic rings. The molecule has 6 heterocycles. The van der Waals surface area contributed by atoms with Gasteiger partial charge >= 0.3 is 12.0 Å². The van der Waals surface area contributed by atoms with E-state index >= 15 is 0 Å². The summed E-state index contributed by atoms with van der Waals surface area (Å²) in [5, 5.41) is 8.11. The number of nitrogens with zero attached hydrogens (tertiary/aromatic N) is 7. The van der Waals surface area contributed by atoms with E-state index in [2.05, 4.69) is 66.8 Å². The van der Waals surface area contributed by atoms with Gasteiger partial charge in [0.05, 0.1) is 34.8 Å². The van der Waals surface area contributed by atoms with Crippen molar-refractivity contribution in [2.75, 3.05) is 53.5 Å². The number of benzene rings is 1. The van der Waals surface area contributed by atoms with Gasteiger partial charge in [-0.25, -0.2) is 15.2 Å². The molecule has 66 heavy (non-hydrogen) atoms. The molecule has 18 heteroatoms. The lowest BCUT2D eigenvalue weighted by atomic mass is 9.72. The quantitative estimate of drug-likeness (QED) is 0.115. The molecule has 4 atom stereocenters. The van der Waals surface area contributed by atoms with Gasteiger partial charge in [0.15, 0.2) is 0 Å². The Hall–Kier alpha value is -5.59. The standard InChI is InChI=1S/C48H63BN9O7S/c1-10-40(59)55-20-22-56(23-21-55)47(63)54(8)42(29(3)4)44(60)52-49-35-25-39-51-37(27-66-39)31-16-17-38-33(24-31)34(43(57(38)11-2)32-14-12-18-50-41(32)30(5)64-9)26-48(6,7)28-65-46(62)36-15-13-19-58(53-36)45(35)61/h10,12,14,16-18,24,27,29-30,35-36,42,53H,1,11,13,15,19-23,25-26,28H2,2-9H3,(H,52,60)/t30-,35?,36-,42-/m0/s1. The molecule has 1 aromatic carbocycles. The van der Waals surface area contributed by atoms with E-state index in [-0.39, 0.29) is 42.9 Å². The Balaban J connectivity index is 1.21. The summed E-state index contributed by atoms with van der Waals surface area (Å²) in [5.41, 5.74) is 9.36. The van der Waals surface area contributed by atoms with Gasteiger partial charge in [-0.3, -0.25) is 29.2 Å². The van der Waals surface area contributed by atoms with Crippen molar-refractivity contribution >= 4 is 59.4 Å². The van der Waals surface area contributed by atoms with E-state index in [0.29, 0.717) is 63.5 Å². The second-order valence-electron chi connectivity index (χ2n) is 18.6. The molecule has 351 valence electrons. The summed E-state index contributed by atoms with van der Waals surface area (Å²) in [6.07, 6.45) is 4.61. The van der Waals surface area contributed by atoms with Crippen LogP contribution in [0.15, 0.2) is 54.6 Å². The third-order valence-electron chi connectivity index (χ3n) is 13.0. The lowest BCUT2D eigenvalue weighted by Gasteiger charge is -2.39. The minimum Gasteiger partial charge on any atom is -0.464 e. The van der Waals surface area contributed by atoms with Crippen LogP contribution in [0.5, 0.6) is 0 Å². The van der Waals surface area contributed by atoms with Crippen LogP contribution in [0.4, 0.5) is 4.79 Å². The highest BCUT2D eigenvalue weighted by Crippen LogP contribution is 2.42. The molecule has 1 radical (unpaired) electrons. The molecule has 0 aliphatic carbocycles. The fraction of sp³-hybridized carbons (Fsp3) is 0.521. The maximum Gasteiger partial charge on any atom is 0.324 e. The number of aromatic nitrogens is 3. The van der Waals surface area contributed by atoms with E-state index in [1.165, 1.54) is 34.7 Å². The number of fused-ring (bicyclic) bond motifs is 6. The monoisotopic (exact) mass is 920 g/mol. The number of esters is 1. The number of urea groups is 1. The SMILES string of the molecule is C=CC(=O)N1CCN(C(=O)N(C)[C@H](C(=O)N[B]C2Cc3nc(cs3)-c3ccc4c(c3)c(c(-c3cccnc3[C@H](C)OC)n4CC)CC(C)(C)COC(=O)[C@@H]3CCCN(N3)C2=O)C(C)C)CC1. The Bertz CT molecular complexity index is 2460. The zero-order valence-electron chi connectivity index (χ0n) is 39.5. The molecule has 6 bridgehead atoms. The van der Waals surface area contributed by atoms with Gasteiger partial charge in [-0.15, -0.1) is 11.3 Å². The number of piperazine rings is 1. The second-order valence-corrected chi connectivity index (χ2v) is 19.5. The van der Waals surface area contributed by atoms with E-state index in [0.717, 1.165) is 44.7 Å². The minimum atomic E-state index is -0.879. The molecular weight excluding hydrogens is 857 g/mol. The van der Waals surface area contributed by atoms with Crippen molar-refractivity contribution < 1.29 is 33.4 Å². The van der Waals surface area contributed by atoms with Crippen LogP contribution in [-0.4, -0.2) is 137 Å². The maximum absolute atomic E-state index is 14.5. The largest absolute Gasteiger partial charge is 0.464 e. The number of hydrazine groups is 1. The average molecular weight is 921 g/mol. The molecule has 0 saturated carbocycles. The van der Waals surface area contributed by atoms with E-state index in [4.69, 9.17) is 19.4 Å². The van der Waals surface area contributed by atoms with Gasteiger partial charge < -0.3 is 34.0 Å². The van der Waals surface area contributed by atoms with E-state index in [1.54, 1.807) is 30.2 Å². The number of cyclic esters (lactones) is 1. The van der Waals surface area contributed by atoms with Crippen LogP contribution < -0.4 is 10.7 Å². The number of amides is 5. The molecule has 3 aromatic heterocycles. The molecule has 16 nitrogen and oxygen atoms in total. The number of nitrogens with one attached hydrogen (secondary N) is 2. The summed E-state index contributed by atoms with van der Waals surface area (Å²) in [6, 6.07) is 8.48. The molecule has 4 aromatic rings. The summed E-state index contributed by atoms with van der Waals surface area (Å²) in [7, 11) is 4.78. The molecule has 0 spiro atoms. The Kier molecular flexibility index (Phi) is 15.0. The van der Waals surface area contributed by atoms with E-state index in [1.807, 2.05) is 32.2 Å². The van der Waals surface area contributed by atoms with Gasteiger partial charge in [0.2, 0.25) is 17.7 Å². The van der Waals surface area contributed by atoms with Gasteiger partial charge in [0.1, 0.15) is 12.1 Å². The lowest BCUT2D eigenvalue weighted by molar-refractivity contribution is -0.154. The third kappa shape index (κ3) is 10.2. The molecule has 3 aliphatic heterocycles. The highest BCUT2D eigenvalue weighted by molar-refractivity contribution is 7.10. The van der Waals surface area contributed by atoms with Crippen molar-refractivity contribution in [1.82, 2.24) is 44.9 Å². The van der Waals surface area contributed by atoms with Crippen molar-refractivity contribution in [3.63, 3.8) is 0 Å². The molecule has 2 saturated heterocycles. The fourth-order valence-electron chi connectivity index (χ4n) is 9.39. The van der Waals surface area contributed by atoms with Gasteiger partial charge in [-0.2, -0.15) is 0 Å². The van der Waals surface area contributed by atoms with Crippen LogP contribution in [0.25, 0.3) is 33.4 Å². The van der Waals surface area contributed by atoms with E-state index < -0.39 is 35.2 Å². The molecular formula is C48H63BN9O7S. The van der Waals surface area contributed by atoms with Crippen molar-refractivity contribution in [3.8, 4) is 22.5 Å². The Morgan fingerprint density at radius 1 is 1.12 bits per heavy atom. The van der Waals surface area contributed by atoms with Crippen LogP contribution >= 0.6 is 11.3 Å². The summed E-state index contributed by atoms with van der Waals surface area (Å²) in [5.74, 6) is -2.56. The Labute approximate surface area is 392 Å². The number of hydrogen-bond acceptors (Lipinski definition) is 11. The van der Waals surface area contributed by atoms with Crippen LogP contribution in [-0.2, 0) is 48.0 Å². The Morgan fingerprint density at radius 2 is 1.86 bits per heavy atom. The number of pyridine rings is 1. The summed E-state index contributed by atoms with van der Waals surface area (Å²) in [4.78, 5) is 83.0. The number of ether oxygens (including phenoxy) is 2. The molecule has 2 fully saturated rings. The first-order chi connectivity index (χ1) is 31.5. The number of carbonyl (C=O) groups is 5. The average Bonchev–Trinajstić information content (AvgIpc) is 3.92. The summed E-state index contributed by atoms with van der Waals surface area (Å²) in [6.45, 7) is 18.2. The summed E-state index contributed by atoms with van der Waals surface area (Å²) >= 11 is 1.44. The van der Waals surface area contributed by atoms with Gasteiger partial charge in [-0.1, -0.05) is 40.3 Å². The molecule has 7 rings (SSSR count). The molecule has 5 amide bonds. The van der Waals surface area contributed by atoms with Crippen molar-refractivity contribution in [1.29, 1.82) is 0 Å². The zero-order chi connectivity index (χ0) is 47.4. The predicted octanol–water partition coefficient (Wildman–Crippen LogP) is 5.65. The minimum absolute atomic E-state index is 0.140. The lowest BCUT2D eigenvalue weighted by Crippen LogP contribution is -2.59. The first-order valence-corrected chi connectivity index (χ1v) is 23.8. The topological polar surface area (TPSA) is 172 Å². The second kappa shape index (κ2) is 20.5. The third-order valence-corrected chi connectivity index (χ3v) is 13.8. The smallest absolute Gasteiger partial charge is 0.324 e. The van der Waals surface area contributed by atoms with Crippen molar-refractivity contribution in [2.45, 2.75) is 97.8 Å². The summed E-state index contributed by atoms with van der Waals surface area (Å²) < 4.78 is 14.2. The molecule has 2 N–H and O–H groups in total. The highest BCUT2D eigenvalue weighted by atomic mass is 32.1. The Morgan fingerprint density at radius 3 is 2.56 bits per heavy atom. The number of aryl methyl sites for hydroxylation is 1. The predicted molar refractivity (Wildman–Crippen MR) is 255 cm³/mol. The van der Waals surface area contributed by atoms with Crippen LogP contribution in [0.3, 0.4) is 0 Å². The van der Waals surface area contributed by atoms with Crippen LogP contribution in [0, 0.1) is 11.3 Å². The van der Waals surface area contributed by atoms with Crippen molar-refractivity contribution in [2.24, 2.45) is 11.3 Å². The first-order valence-electron chi connectivity index (χ1n) is 22.9. The maximum atomic E-state index is 14.5. The van der Waals surface area contributed by atoms with Crippen molar-refractivity contribution in [3.05, 3.63) is 70.8 Å². The van der Waals surface area contributed by atoms with Crippen LogP contribution in [0.1, 0.15) is 76.8 Å². The first kappa shape index (κ1) is 48.4. The highest BCUT2D eigenvalue weighted by Gasteiger charge is 2.38. The van der Waals surface area contributed by atoms with Gasteiger partial charge in [0, 0.05) is 105 Å². The van der Waals surface area contributed by atoms with E-state index in [9.17, 15) is 24.0 Å². The number of carbonyl (C=O) groups excluding carboxylic acids is 5. The zero-order valence-corrected chi connectivity index (χ0v) is 40.3. The molecule has 1 unspecified atom stereocenters. The van der Waals surface area contributed by atoms with Gasteiger partial charge in [-0.05, 0) is 74.9 Å². The normalized spacial score (nSPS) is 20.0. The number of thiazole rings is 1. The number of methoxy groups -OCH3 is 1.